The number of ether oxygens (including phenoxy) is 1. The van der Waals surface area contributed by atoms with Crippen molar-refractivity contribution in [2.45, 2.75) is 38.2 Å². The van der Waals surface area contributed by atoms with Crippen LogP contribution in [0.2, 0.25) is 5.02 Å². The van der Waals surface area contributed by atoms with Crippen molar-refractivity contribution in [3.05, 3.63) is 29.3 Å². The van der Waals surface area contributed by atoms with Crippen LogP contribution in [-0.4, -0.2) is 30.3 Å². The van der Waals surface area contributed by atoms with Crippen LogP contribution in [0.5, 0.6) is 5.75 Å². The normalized spacial score (nSPS) is 21.8. The van der Waals surface area contributed by atoms with E-state index in [1.165, 1.54) is 0 Å². The summed E-state index contributed by atoms with van der Waals surface area (Å²) < 4.78 is 5.49. The number of hydrogen-bond acceptors (Lipinski definition) is 3. The second-order valence-corrected chi connectivity index (χ2v) is 5.91. The number of aliphatic hydroxyl groups excluding tert-OH is 1. The number of amides is 1. The van der Waals surface area contributed by atoms with Gasteiger partial charge in [0.15, 0.2) is 0 Å². The summed E-state index contributed by atoms with van der Waals surface area (Å²) in [6.45, 7) is 1.01. The molecule has 2 N–H and O–H groups in total. The van der Waals surface area contributed by atoms with Gasteiger partial charge in [-0.3, -0.25) is 4.79 Å². The van der Waals surface area contributed by atoms with Gasteiger partial charge in [-0.25, -0.2) is 0 Å². The standard InChI is InChI=1S/C16H22ClNO3/c17-14-3-1-2-4-15(14)21-10-9-16(20)18-11-12-5-7-13(19)8-6-12/h1-4,12-13,19H,5-11H2,(H,18,20). The third kappa shape index (κ3) is 5.56. The van der Waals surface area contributed by atoms with Crippen LogP contribution in [0.3, 0.4) is 0 Å². The van der Waals surface area contributed by atoms with Crippen LogP contribution in [0.25, 0.3) is 0 Å². The number of carbonyl (C=O) groups is 1. The lowest BCUT2D eigenvalue weighted by Crippen LogP contribution is -2.32. The van der Waals surface area contributed by atoms with E-state index in [0.29, 0.717) is 36.3 Å². The molecule has 1 saturated carbocycles. The van der Waals surface area contributed by atoms with Crippen LogP contribution in [0.1, 0.15) is 32.1 Å². The first kappa shape index (κ1) is 16.1. The van der Waals surface area contributed by atoms with Crippen molar-refractivity contribution in [3.63, 3.8) is 0 Å². The average molecular weight is 312 g/mol. The minimum absolute atomic E-state index is 0.00632. The van der Waals surface area contributed by atoms with Crippen LogP contribution < -0.4 is 10.1 Å². The molecule has 0 aromatic heterocycles. The summed E-state index contributed by atoms with van der Waals surface area (Å²) in [5.41, 5.74) is 0. The van der Waals surface area contributed by atoms with Crippen LogP contribution in [0, 0.1) is 5.92 Å². The minimum Gasteiger partial charge on any atom is -0.491 e. The zero-order chi connectivity index (χ0) is 15.1. The molecule has 0 bridgehead atoms. The summed E-state index contributed by atoms with van der Waals surface area (Å²) in [5.74, 6) is 1.09. The Morgan fingerprint density at radius 2 is 2.00 bits per heavy atom. The van der Waals surface area contributed by atoms with Gasteiger partial charge in [0.1, 0.15) is 5.75 Å². The van der Waals surface area contributed by atoms with E-state index in [2.05, 4.69) is 5.32 Å². The van der Waals surface area contributed by atoms with Gasteiger partial charge in [-0.1, -0.05) is 23.7 Å². The molecule has 1 fully saturated rings. The molecule has 1 aromatic carbocycles. The maximum Gasteiger partial charge on any atom is 0.223 e. The van der Waals surface area contributed by atoms with Gasteiger partial charge in [0, 0.05) is 6.54 Å². The summed E-state index contributed by atoms with van der Waals surface area (Å²) in [6.07, 6.45) is 3.82. The number of hydrogen-bond donors (Lipinski definition) is 2. The van der Waals surface area contributed by atoms with E-state index in [4.69, 9.17) is 16.3 Å². The second kappa shape index (κ2) is 8.25. The topological polar surface area (TPSA) is 58.6 Å². The maximum atomic E-state index is 11.8. The Morgan fingerprint density at radius 3 is 2.71 bits per heavy atom. The highest BCUT2D eigenvalue weighted by molar-refractivity contribution is 6.32. The highest BCUT2D eigenvalue weighted by Gasteiger charge is 2.19. The lowest BCUT2D eigenvalue weighted by molar-refractivity contribution is -0.121. The van der Waals surface area contributed by atoms with E-state index in [1.807, 2.05) is 12.1 Å². The van der Waals surface area contributed by atoms with Crippen molar-refractivity contribution < 1.29 is 14.6 Å². The molecule has 4 nitrogen and oxygen atoms in total. The Hall–Kier alpha value is -1.26. The van der Waals surface area contributed by atoms with Gasteiger partial charge < -0.3 is 15.2 Å². The van der Waals surface area contributed by atoms with Gasteiger partial charge in [-0.05, 0) is 43.7 Å². The minimum atomic E-state index is -0.152. The predicted molar refractivity (Wildman–Crippen MR) is 82.5 cm³/mol. The molecule has 1 aliphatic carbocycles. The van der Waals surface area contributed by atoms with Crippen molar-refractivity contribution in [2.75, 3.05) is 13.2 Å². The van der Waals surface area contributed by atoms with Gasteiger partial charge in [-0.15, -0.1) is 0 Å². The van der Waals surface area contributed by atoms with Crippen molar-refractivity contribution in [3.8, 4) is 5.75 Å². The number of para-hydroxylation sites is 1. The van der Waals surface area contributed by atoms with E-state index in [1.54, 1.807) is 12.1 Å². The molecule has 0 aliphatic heterocycles. The molecule has 116 valence electrons. The smallest absolute Gasteiger partial charge is 0.223 e. The number of carbonyl (C=O) groups excluding carboxylic acids is 1. The molecule has 0 saturated heterocycles. The van der Waals surface area contributed by atoms with Crippen molar-refractivity contribution in [1.82, 2.24) is 5.32 Å². The number of halogens is 1. The van der Waals surface area contributed by atoms with E-state index in [-0.39, 0.29) is 12.0 Å². The first-order valence-electron chi connectivity index (χ1n) is 7.47. The number of rotatable bonds is 6. The lowest BCUT2D eigenvalue weighted by Gasteiger charge is -2.25. The summed E-state index contributed by atoms with van der Waals surface area (Å²) >= 11 is 5.97. The third-order valence-corrected chi connectivity index (χ3v) is 4.14. The van der Waals surface area contributed by atoms with Crippen LogP contribution in [0.4, 0.5) is 0 Å². The molecular formula is C16H22ClNO3. The molecule has 1 aromatic rings. The molecule has 2 rings (SSSR count). The average Bonchev–Trinajstić information content (AvgIpc) is 2.49. The Kier molecular flexibility index (Phi) is 6.33. The van der Waals surface area contributed by atoms with Gasteiger partial charge >= 0.3 is 0 Å². The summed E-state index contributed by atoms with van der Waals surface area (Å²) in [4.78, 5) is 11.8. The quantitative estimate of drug-likeness (QED) is 0.849. The molecule has 21 heavy (non-hydrogen) atoms. The molecule has 0 heterocycles. The fourth-order valence-corrected chi connectivity index (χ4v) is 2.70. The fraction of sp³-hybridized carbons (Fsp3) is 0.562. The van der Waals surface area contributed by atoms with Crippen molar-refractivity contribution in [1.29, 1.82) is 0 Å². The van der Waals surface area contributed by atoms with Crippen LogP contribution in [0.15, 0.2) is 24.3 Å². The number of nitrogens with one attached hydrogen (secondary N) is 1. The highest BCUT2D eigenvalue weighted by atomic mass is 35.5. The molecule has 1 aliphatic rings. The number of benzene rings is 1. The number of aliphatic hydroxyl groups is 1. The molecule has 0 spiro atoms. The van der Waals surface area contributed by atoms with E-state index < -0.39 is 0 Å². The van der Waals surface area contributed by atoms with Crippen molar-refractivity contribution in [2.24, 2.45) is 5.92 Å². The Bertz CT molecular complexity index is 459. The monoisotopic (exact) mass is 311 g/mol. The first-order valence-corrected chi connectivity index (χ1v) is 7.85. The largest absolute Gasteiger partial charge is 0.491 e. The second-order valence-electron chi connectivity index (χ2n) is 5.51. The SMILES string of the molecule is O=C(CCOc1ccccc1Cl)NCC1CCC(O)CC1. The van der Waals surface area contributed by atoms with Crippen molar-refractivity contribution >= 4 is 17.5 Å². The molecule has 0 atom stereocenters. The Labute approximate surface area is 130 Å². The molecular weight excluding hydrogens is 290 g/mol. The Balaban J connectivity index is 1.61. The van der Waals surface area contributed by atoms with E-state index >= 15 is 0 Å². The highest BCUT2D eigenvalue weighted by Crippen LogP contribution is 2.24. The van der Waals surface area contributed by atoms with E-state index in [0.717, 1.165) is 25.7 Å². The van der Waals surface area contributed by atoms with E-state index in [9.17, 15) is 9.90 Å². The van der Waals surface area contributed by atoms with Gasteiger partial charge in [0.25, 0.3) is 0 Å². The van der Waals surface area contributed by atoms with Gasteiger partial charge in [-0.2, -0.15) is 0 Å². The zero-order valence-electron chi connectivity index (χ0n) is 12.1. The zero-order valence-corrected chi connectivity index (χ0v) is 12.8. The summed E-state index contributed by atoms with van der Waals surface area (Å²) in [7, 11) is 0. The molecule has 1 amide bonds. The molecule has 0 radical (unpaired) electrons. The lowest BCUT2D eigenvalue weighted by atomic mass is 9.87. The molecule has 5 heteroatoms. The summed E-state index contributed by atoms with van der Waals surface area (Å²) in [6, 6.07) is 7.23. The predicted octanol–water partition coefficient (Wildman–Crippen LogP) is 2.78. The van der Waals surface area contributed by atoms with Gasteiger partial charge in [0.05, 0.1) is 24.2 Å². The van der Waals surface area contributed by atoms with Crippen LogP contribution in [-0.2, 0) is 4.79 Å². The van der Waals surface area contributed by atoms with Gasteiger partial charge in [0.2, 0.25) is 5.91 Å². The Morgan fingerprint density at radius 1 is 1.29 bits per heavy atom. The summed E-state index contributed by atoms with van der Waals surface area (Å²) in [5, 5.41) is 12.9. The third-order valence-electron chi connectivity index (χ3n) is 3.83. The molecule has 0 unspecified atom stereocenters. The fourth-order valence-electron chi connectivity index (χ4n) is 2.51. The first-order chi connectivity index (χ1) is 10.1. The maximum absolute atomic E-state index is 11.8. The van der Waals surface area contributed by atoms with Crippen LogP contribution >= 0.6 is 11.6 Å².